The summed E-state index contributed by atoms with van der Waals surface area (Å²) >= 11 is 0. The minimum Gasteiger partial charge on any atom is -0.394 e. The first-order chi connectivity index (χ1) is 35.3. The number of aliphatic hydroxyl groups is 17. The molecule has 0 bridgehead atoms. The summed E-state index contributed by atoms with van der Waals surface area (Å²) in [7, 11) is 0. The number of rotatable bonds is 22. The molecule has 33 heteroatoms. The number of amides is 3. The van der Waals surface area contributed by atoms with Gasteiger partial charge in [0.05, 0.1) is 51.8 Å². The van der Waals surface area contributed by atoms with Crippen molar-refractivity contribution in [1.29, 1.82) is 0 Å². The van der Waals surface area contributed by atoms with Gasteiger partial charge in [-0.2, -0.15) is 0 Å². The Morgan fingerprint density at radius 2 is 0.920 bits per heavy atom. The van der Waals surface area contributed by atoms with E-state index in [1.54, 1.807) is 0 Å². The molecule has 0 aromatic carbocycles. The van der Waals surface area contributed by atoms with Crippen LogP contribution in [0.1, 0.15) is 27.7 Å². The number of hydrogen-bond acceptors (Lipinski definition) is 30. The number of carbonyl (C=O) groups is 3. The molecule has 0 saturated carbocycles. The van der Waals surface area contributed by atoms with Gasteiger partial charge in [-0.05, 0) is 6.92 Å². The van der Waals surface area contributed by atoms with Crippen LogP contribution in [0, 0.1) is 0 Å². The van der Waals surface area contributed by atoms with E-state index in [2.05, 4.69) is 16.0 Å². The smallest absolute Gasteiger partial charge is 0.217 e. The Morgan fingerprint density at radius 3 is 1.43 bits per heavy atom. The minimum atomic E-state index is -2.21. The lowest BCUT2D eigenvalue weighted by Gasteiger charge is -2.50. The van der Waals surface area contributed by atoms with Crippen molar-refractivity contribution >= 4 is 17.7 Å². The maximum Gasteiger partial charge on any atom is 0.217 e. The fraction of sp³-hybridized carbons (Fsp3) is 0.929. The van der Waals surface area contributed by atoms with E-state index in [9.17, 15) is 101 Å². The lowest BCUT2D eigenvalue weighted by atomic mass is 9.94. The normalized spacial score (nSPS) is 44.2. The SMILES string of the molecule is CC(=O)N[C@H]1[C@H](O[C@H]2[C@@H](O)[C@@H](CO)O[C@@H](O[C@H]3[C@H](O)[C@@H](NC(C)=O)[C@H](OC[C@@H](O)[C@H](O)[C@H](O[C@@H]4O[C@H](CO)[C@H](O)[C@H](O)[C@H]4O)[C@H](CO)NC(C)=O)O[C@@H]3CO)[C@@H]2O)O[C@H](CO)[C@@H](O[C@@H]2O[C@@H](C)[C@@H](O)[C@@H](O)[C@@H]2O)[C@@H]1O. The molecule has 33 nitrogen and oxygen atoms in total. The van der Waals surface area contributed by atoms with Gasteiger partial charge in [0.25, 0.3) is 0 Å². The van der Waals surface area contributed by atoms with E-state index in [1.165, 1.54) is 6.92 Å². The molecule has 0 spiro atoms. The van der Waals surface area contributed by atoms with Crippen LogP contribution in [0.2, 0.25) is 0 Å². The zero-order valence-corrected chi connectivity index (χ0v) is 40.9. The third-order valence-electron chi connectivity index (χ3n) is 13.2. The first kappa shape index (κ1) is 63.2. The molecular formula is C42H73N3O30. The molecule has 5 aliphatic rings. The van der Waals surface area contributed by atoms with Crippen LogP contribution in [0.4, 0.5) is 0 Å². The Kier molecular flexibility index (Phi) is 23.5. The average Bonchev–Trinajstić information content (AvgIpc) is 3.37. The number of aliphatic hydroxyl groups excluding tert-OH is 17. The van der Waals surface area contributed by atoms with Crippen molar-refractivity contribution in [3.8, 4) is 0 Å². The molecule has 3 amide bonds. The molecule has 0 aliphatic carbocycles. The van der Waals surface area contributed by atoms with Crippen molar-refractivity contribution in [2.75, 3.05) is 39.6 Å². The number of carbonyl (C=O) groups excluding carboxylic acids is 3. The van der Waals surface area contributed by atoms with E-state index in [4.69, 9.17) is 47.4 Å². The summed E-state index contributed by atoms with van der Waals surface area (Å²) < 4.78 is 57.0. The first-order valence-corrected chi connectivity index (χ1v) is 23.9. The Bertz CT molecular complexity index is 1800. The maximum atomic E-state index is 12.5. The average molecular weight is 1100 g/mol. The molecule has 5 aliphatic heterocycles. The van der Waals surface area contributed by atoms with E-state index >= 15 is 0 Å². The van der Waals surface area contributed by atoms with E-state index in [1.807, 2.05) is 0 Å². The molecule has 29 atom stereocenters. The number of nitrogens with one attached hydrogen (secondary N) is 3. The van der Waals surface area contributed by atoms with Gasteiger partial charge in [-0.3, -0.25) is 14.4 Å². The summed E-state index contributed by atoms with van der Waals surface area (Å²) in [5.41, 5.74) is 0. The topological polar surface area (TPSA) is 524 Å². The molecule has 0 radical (unpaired) electrons. The molecule has 5 fully saturated rings. The van der Waals surface area contributed by atoms with Crippen LogP contribution in [-0.4, -0.2) is 322 Å². The molecule has 5 saturated heterocycles. The lowest BCUT2D eigenvalue weighted by molar-refractivity contribution is -0.377. The van der Waals surface area contributed by atoms with Gasteiger partial charge in [0.2, 0.25) is 17.7 Å². The number of hydrogen-bond donors (Lipinski definition) is 20. The van der Waals surface area contributed by atoms with Gasteiger partial charge in [0.15, 0.2) is 31.5 Å². The molecule has 20 N–H and O–H groups in total. The highest BCUT2D eigenvalue weighted by atomic mass is 16.8. The van der Waals surface area contributed by atoms with Crippen LogP contribution in [-0.2, 0) is 61.8 Å². The van der Waals surface area contributed by atoms with Gasteiger partial charge in [0.1, 0.15) is 134 Å². The Morgan fingerprint density at radius 1 is 0.480 bits per heavy atom. The van der Waals surface area contributed by atoms with Crippen LogP contribution in [0.25, 0.3) is 0 Å². The van der Waals surface area contributed by atoms with Crippen molar-refractivity contribution in [2.24, 2.45) is 0 Å². The predicted octanol–water partition coefficient (Wildman–Crippen LogP) is -13.0. The molecule has 5 heterocycles. The van der Waals surface area contributed by atoms with Crippen LogP contribution >= 0.6 is 0 Å². The summed E-state index contributed by atoms with van der Waals surface area (Å²) in [6, 6.07) is -4.98. The fourth-order valence-electron chi connectivity index (χ4n) is 9.17. The maximum absolute atomic E-state index is 12.5. The second kappa shape index (κ2) is 28.0. The third kappa shape index (κ3) is 14.8. The second-order valence-corrected chi connectivity index (χ2v) is 18.8. The van der Waals surface area contributed by atoms with E-state index in [0.29, 0.717) is 0 Å². The standard InChI is InChI=1S/C42H73N3O30/c1-11-23(55)29(61)31(63)40(67-11)73-36-20(9-50)71-39(22(28(36)60)45-14(4)53)75-37-26(58)18(7-48)69-42(33(37)65)74-35-19(8-49)70-38(21(27(35)59)44-13(3)52)66-10-16(54)24(56)34(15(5-46)43-12(2)51)72-41-32(64)30(62)25(57)17(6-47)68-41/h11,15-42,46-50,54-65H,5-10H2,1-4H3,(H,43,51)(H,44,52)(H,45,53)/t11-,15-,16+,17+,18+,19+,20+,21+,22+,23+,24-,25-,26-,27+,28+,29+,30-,31-,32+,33+,34+,35+,36+,37-,38+,39-,40-,41-,42-/m0/s1. The summed E-state index contributed by atoms with van der Waals surface area (Å²) in [4.78, 5) is 37.0. The monoisotopic (exact) mass is 1100 g/mol. The van der Waals surface area contributed by atoms with Crippen molar-refractivity contribution in [1.82, 2.24) is 16.0 Å². The summed E-state index contributed by atoms with van der Waals surface area (Å²) in [5, 5.41) is 189. The summed E-state index contributed by atoms with van der Waals surface area (Å²) in [6.07, 6.45) is -48.0. The van der Waals surface area contributed by atoms with Crippen molar-refractivity contribution in [3.63, 3.8) is 0 Å². The van der Waals surface area contributed by atoms with Crippen LogP contribution in [0.15, 0.2) is 0 Å². The largest absolute Gasteiger partial charge is 0.394 e. The molecule has 0 unspecified atom stereocenters. The van der Waals surface area contributed by atoms with Gasteiger partial charge in [-0.1, -0.05) is 0 Å². The highest BCUT2D eigenvalue weighted by molar-refractivity contribution is 5.74. The Balaban J connectivity index is 1.33. The van der Waals surface area contributed by atoms with E-state index in [-0.39, 0.29) is 0 Å². The fourth-order valence-corrected chi connectivity index (χ4v) is 9.17. The third-order valence-corrected chi connectivity index (χ3v) is 13.2. The summed E-state index contributed by atoms with van der Waals surface area (Å²) in [5.74, 6) is -2.41. The van der Waals surface area contributed by atoms with Crippen molar-refractivity contribution in [2.45, 2.75) is 205 Å². The van der Waals surface area contributed by atoms with Crippen molar-refractivity contribution in [3.05, 3.63) is 0 Å². The van der Waals surface area contributed by atoms with Crippen LogP contribution < -0.4 is 16.0 Å². The van der Waals surface area contributed by atoms with Crippen LogP contribution in [0.3, 0.4) is 0 Å². The first-order valence-electron chi connectivity index (χ1n) is 23.9. The van der Waals surface area contributed by atoms with Gasteiger partial charge < -0.3 is 150 Å². The predicted molar refractivity (Wildman–Crippen MR) is 235 cm³/mol. The molecule has 75 heavy (non-hydrogen) atoms. The second-order valence-electron chi connectivity index (χ2n) is 18.8. The zero-order valence-electron chi connectivity index (χ0n) is 40.9. The molecular weight excluding hydrogens is 1030 g/mol. The highest BCUT2D eigenvalue weighted by Crippen LogP contribution is 2.35. The van der Waals surface area contributed by atoms with Gasteiger partial charge >= 0.3 is 0 Å². The van der Waals surface area contributed by atoms with Crippen molar-refractivity contribution < 1.29 is 149 Å². The molecule has 5 rings (SSSR count). The van der Waals surface area contributed by atoms with Gasteiger partial charge in [-0.25, -0.2) is 0 Å². The minimum absolute atomic E-state index is 0.777. The van der Waals surface area contributed by atoms with E-state index in [0.717, 1.165) is 20.8 Å². The van der Waals surface area contributed by atoms with Gasteiger partial charge in [-0.15, -0.1) is 0 Å². The molecule has 0 aromatic rings. The highest BCUT2D eigenvalue weighted by Gasteiger charge is 2.56. The van der Waals surface area contributed by atoms with Crippen LogP contribution in [0.5, 0.6) is 0 Å². The quantitative estimate of drug-likeness (QED) is 0.0479. The summed E-state index contributed by atoms with van der Waals surface area (Å²) in [6.45, 7) is -1.43. The Labute approximate surface area is 426 Å². The Hall–Kier alpha value is -2.67. The molecule has 436 valence electrons. The van der Waals surface area contributed by atoms with E-state index < -0.39 is 235 Å². The van der Waals surface area contributed by atoms with Gasteiger partial charge in [0, 0.05) is 20.8 Å². The lowest BCUT2D eigenvalue weighted by Crippen LogP contribution is -2.70. The number of ether oxygens (including phenoxy) is 10. The zero-order chi connectivity index (χ0) is 55.9. The molecule has 0 aromatic heterocycles.